The maximum atomic E-state index is 12.2. The minimum absolute atomic E-state index is 0.00192. The van der Waals surface area contributed by atoms with Gasteiger partial charge < -0.3 is 14.4 Å². The zero-order valence-electron chi connectivity index (χ0n) is 12.6. The normalized spacial score (nSPS) is 18.7. The molecular weight excluding hydrogens is 292 g/mol. The highest BCUT2D eigenvalue weighted by Gasteiger charge is 2.32. The highest BCUT2D eigenvalue weighted by atomic mass is 35.5. The summed E-state index contributed by atoms with van der Waals surface area (Å²) >= 11 is 6.00. The van der Waals surface area contributed by atoms with Gasteiger partial charge in [0.05, 0.1) is 6.04 Å². The van der Waals surface area contributed by atoms with Gasteiger partial charge in [0.15, 0.2) is 0 Å². The third kappa shape index (κ3) is 4.49. The van der Waals surface area contributed by atoms with Gasteiger partial charge in [0.1, 0.15) is 17.2 Å². The summed E-state index contributed by atoms with van der Waals surface area (Å²) in [7, 11) is 0. The minimum Gasteiger partial charge on any atom is -0.474 e. The van der Waals surface area contributed by atoms with Crippen LogP contribution in [0, 0.1) is 0 Å². The van der Waals surface area contributed by atoms with Crippen molar-refractivity contribution in [2.24, 2.45) is 0 Å². The molecule has 21 heavy (non-hydrogen) atoms. The van der Waals surface area contributed by atoms with Crippen LogP contribution in [0.25, 0.3) is 0 Å². The second-order valence-corrected chi connectivity index (χ2v) is 6.48. The van der Waals surface area contributed by atoms with Gasteiger partial charge in [0, 0.05) is 12.7 Å². The molecule has 1 fully saturated rings. The molecule has 1 unspecified atom stereocenters. The number of carbonyl (C=O) groups excluding carboxylic acids is 1. The van der Waals surface area contributed by atoms with Crippen molar-refractivity contribution in [1.82, 2.24) is 9.88 Å². The number of hydrogen-bond donors (Lipinski definition) is 0. The van der Waals surface area contributed by atoms with Gasteiger partial charge in [-0.2, -0.15) is 0 Å². The van der Waals surface area contributed by atoms with Gasteiger partial charge in [-0.3, -0.25) is 0 Å². The first-order valence-electron chi connectivity index (χ1n) is 7.10. The molecule has 0 spiro atoms. The third-order valence-electron chi connectivity index (χ3n) is 3.14. The van der Waals surface area contributed by atoms with Crippen molar-refractivity contribution >= 4 is 17.7 Å². The average Bonchev–Trinajstić information content (AvgIpc) is 2.84. The van der Waals surface area contributed by atoms with Crippen LogP contribution in [0.1, 0.15) is 33.6 Å². The molecular formula is C15H21ClN2O3. The van der Waals surface area contributed by atoms with Crippen LogP contribution in [-0.4, -0.2) is 40.8 Å². The SMILES string of the molecule is CC(C)(C)OC(=O)N1CCCC1COc1ncccc1Cl. The van der Waals surface area contributed by atoms with Crippen LogP contribution < -0.4 is 4.74 Å². The second-order valence-electron chi connectivity index (χ2n) is 6.07. The molecule has 0 aliphatic carbocycles. The first-order valence-corrected chi connectivity index (χ1v) is 7.47. The molecule has 2 heterocycles. The molecule has 5 nitrogen and oxygen atoms in total. The van der Waals surface area contributed by atoms with Gasteiger partial charge in [-0.05, 0) is 45.7 Å². The van der Waals surface area contributed by atoms with E-state index in [1.165, 1.54) is 0 Å². The molecule has 0 N–H and O–H groups in total. The Balaban J connectivity index is 1.93. The zero-order valence-corrected chi connectivity index (χ0v) is 13.4. The zero-order chi connectivity index (χ0) is 15.5. The number of likely N-dealkylation sites (tertiary alicyclic amines) is 1. The Bertz CT molecular complexity index is 502. The summed E-state index contributed by atoms with van der Waals surface area (Å²) in [4.78, 5) is 18.0. The summed E-state index contributed by atoms with van der Waals surface area (Å²) in [5.74, 6) is 0.398. The fourth-order valence-corrected chi connectivity index (χ4v) is 2.40. The summed E-state index contributed by atoms with van der Waals surface area (Å²) in [5.41, 5.74) is -0.491. The summed E-state index contributed by atoms with van der Waals surface area (Å²) in [6.45, 7) is 6.65. The molecule has 1 saturated heterocycles. The van der Waals surface area contributed by atoms with Crippen molar-refractivity contribution in [1.29, 1.82) is 0 Å². The number of pyridine rings is 1. The lowest BCUT2D eigenvalue weighted by molar-refractivity contribution is 0.0186. The fourth-order valence-electron chi connectivity index (χ4n) is 2.22. The largest absolute Gasteiger partial charge is 0.474 e. The number of halogens is 1. The van der Waals surface area contributed by atoms with E-state index >= 15 is 0 Å². The molecule has 1 aromatic rings. The monoisotopic (exact) mass is 312 g/mol. The Morgan fingerprint density at radius 3 is 2.95 bits per heavy atom. The first-order chi connectivity index (χ1) is 9.87. The van der Waals surface area contributed by atoms with Gasteiger partial charge in [0.25, 0.3) is 0 Å². The van der Waals surface area contributed by atoms with E-state index in [-0.39, 0.29) is 12.1 Å². The Kier molecular flexibility index (Phi) is 4.93. The molecule has 1 amide bonds. The van der Waals surface area contributed by atoms with E-state index in [0.29, 0.717) is 24.1 Å². The molecule has 1 aliphatic rings. The Hall–Kier alpha value is -1.49. The Morgan fingerprint density at radius 2 is 2.29 bits per heavy atom. The summed E-state index contributed by atoms with van der Waals surface area (Å²) in [6, 6.07) is 3.47. The van der Waals surface area contributed by atoms with Gasteiger partial charge in [-0.25, -0.2) is 9.78 Å². The summed E-state index contributed by atoms with van der Waals surface area (Å²) in [6.07, 6.45) is 3.18. The van der Waals surface area contributed by atoms with Crippen LogP contribution in [0.4, 0.5) is 4.79 Å². The smallest absolute Gasteiger partial charge is 0.410 e. The van der Waals surface area contributed by atoms with Crippen LogP contribution in [0.15, 0.2) is 18.3 Å². The van der Waals surface area contributed by atoms with Gasteiger partial charge in [-0.1, -0.05) is 11.6 Å². The van der Waals surface area contributed by atoms with E-state index in [1.807, 2.05) is 20.8 Å². The molecule has 0 aromatic carbocycles. The van der Waals surface area contributed by atoms with Crippen LogP contribution in [0.3, 0.4) is 0 Å². The van der Waals surface area contributed by atoms with Crippen molar-refractivity contribution in [3.8, 4) is 5.88 Å². The lowest BCUT2D eigenvalue weighted by Gasteiger charge is -2.28. The minimum atomic E-state index is -0.491. The number of carbonyl (C=O) groups is 1. The lowest BCUT2D eigenvalue weighted by atomic mass is 10.2. The van der Waals surface area contributed by atoms with Crippen molar-refractivity contribution < 1.29 is 14.3 Å². The third-order valence-corrected chi connectivity index (χ3v) is 3.43. The number of nitrogens with zero attached hydrogens (tertiary/aromatic N) is 2. The molecule has 116 valence electrons. The summed E-state index contributed by atoms with van der Waals surface area (Å²) < 4.78 is 11.1. The van der Waals surface area contributed by atoms with E-state index in [9.17, 15) is 4.79 Å². The van der Waals surface area contributed by atoms with E-state index < -0.39 is 5.60 Å². The molecule has 1 aromatic heterocycles. The molecule has 2 rings (SSSR count). The maximum absolute atomic E-state index is 12.2. The van der Waals surface area contributed by atoms with Crippen LogP contribution in [-0.2, 0) is 4.74 Å². The van der Waals surface area contributed by atoms with Gasteiger partial charge in [-0.15, -0.1) is 0 Å². The number of amides is 1. The lowest BCUT2D eigenvalue weighted by Crippen LogP contribution is -2.42. The van der Waals surface area contributed by atoms with Crippen LogP contribution >= 0.6 is 11.6 Å². The second kappa shape index (κ2) is 6.52. The van der Waals surface area contributed by atoms with E-state index in [2.05, 4.69) is 4.98 Å². The van der Waals surface area contributed by atoms with Crippen molar-refractivity contribution in [2.45, 2.75) is 45.3 Å². The summed E-state index contributed by atoms with van der Waals surface area (Å²) in [5, 5.41) is 0.472. The number of rotatable bonds is 3. The van der Waals surface area contributed by atoms with Gasteiger partial charge >= 0.3 is 6.09 Å². The molecule has 1 atom stereocenters. The molecule has 0 saturated carbocycles. The maximum Gasteiger partial charge on any atom is 0.410 e. The van der Waals surface area contributed by atoms with E-state index in [1.54, 1.807) is 23.2 Å². The van der Waals surface area contributed by atoms with Crippen LogP contribution in [0.2, 0.25) is 5.02 Å². The number of aromatic nitrogens is 1. The number of hydrogen-bond acceptors (Lipinski definition) is 4. The van der Waals surface area contributed by atoms with Crippen LogP contribution in [0.5, 0.6) is 5.88 Å². The molecule has 0 bridgehead atoms. The topological polar surface area (TPSA) is 51.7 Å². The standard InChI is InChI=1S/C15H21ClN2O3/c1-15(2,3)21-14(19)18-9-5-6-11(18)10-20-13-12(16)7-4-8-17-13/h4,7-8,11H,5-6,9-10H2,1-3H3. The Morgan fingerprint density at radius 1 is 1.52 bits per heavy atom. The number of ether oxygens (including phenoxy) is 2. The van der Waals surface area contributed by atoms with E-state index in [0.717, 1.165) is 12.8 Å². The highest BCUT2D eigenvalue weighted by Crippen LogP contribution is 2.24. The fraction of sp³-hybridized carbons (Fsp3) is 0.600. The molecule has 6 heteroatoms. The average molecular weight is 313 g/mol. The predicted molar refractivity (Wildman–Crippen MR) is 80.7 cm³/mol. The van der Waals surface area contributed by atoms with Crippen molar-refractivity contribution in [3.05, 3.63) is 23.4 Å². The van der Waals surface area contributed by atoms with Crippen molar-refractivity contribution in [2.75, 3.05) is 13.2 Å². The van der Waals surface area contributed by atoms with E-state index in [4.69, 9.17) is 21.1 Å². The predicted octanol–water partition coefficient (Wildman–Crippen LogP) is 3.51. The van der Waals surface area contributed by atoms with Crippen molar-refractivity contribution in [3.63, 3.8) is 0 Å². The quantitative estimate of drug-likeness (QED) is 0.857. The highest BCUT2D eigenvalue weighted by molar-refractivity contribution is 6.31. The Labute approximate surface area is 130 Å². The molecule has 0 radical (unpaired) electrons. The first kappa shape index (κ1) is 15.9. The van der Waals surface area contributed by atoms with Gasteiger partial charge in [0.2, 0.25) is 5.88 Å². The molecule has 1 aliphatic heterocycles.